The maximum absolute atomic E-state index is 12.6. The van der Waals surface area contributed by atoms with Gasteiger partial charge in [-0.1, -0.05) is 16.8 Å². The average molecular weight is 425 g/mol. The maximum atomic E-state index is 12.6. The summed E-state index contributed by atoms with van der Waals surface area (Å²) in [6.45, 7) is 0.656. The first kappa shape index (κ1) is 22.1. The second-order valence-corrected chi connectivity index (χ2v) is 6.78. The molecule has 0 radical (unpaired) electrons. The molecular formula is C13H11ClF6N2O3S. The Balaban J connectivity index is 3.03. The van der Waals surface area contributed by atoms with Gasteiger partial charge in [0.25, 0.3) is 0 Å². The summed E-state index contributed by atoms with van der Waals surface area (Å²) in [6, 6.07) is 3.22. The molecule has 0 aliphatic rings. The third-order valence-electron chi connectivity index (χ3n) is 2.74. The lowest BCUT2D eigenvalue weighted by Crippen LogP contribution is -2.30. The highest BCUT2D eigenvalue weighted by molar-refractivity contribution is 7.93. The van der Waals surface area contributed by atoms with Crippen molar-refractivity contribution in [3.63, 3.8) is 0 Å². The van der Waals surface area contributed by atoms with E-state index in [1.807, 2.05) is 0 Å². The molecule has 1 aromatic rings. The van der Waals surface area contributed by atoms with Gasteiger partial charge in [0, 0.05) is 17.0 Å². The molecule has 0 saturated carbocycles. The first-order valence-electron chi connectivity index (χ1n) is 6.60. The van der Waals surface area contributed by atoms with E-state index in [0.717, 1.165) is 18.2 Å². The molecule has 5 nitrogen and oxygen atoms in total. The molecule has 0 atom stereocenters. The first-order chi connectivity index (χ1) is 11.8. The van der Waals surface area contributed by atoms with Crippen LogP contribution in [0.5, 0.6) is 0 Å². The molecular weight excluding hydrogens is 414 g/mol. The molecule has 1 rings (SSSR count). The number of rotatable bonds is 7. The lowest BCUT2D eigenvalue weighted by molar-refractivity contribution is -0.0429. The lowest BCUT2D eigenvalue weighted by Gasteiger charge is -2.14. The van der Waals surface area contributed by atoms with Crippen LogP contribution >= 0.6 is 11.6 Å². The molecule has 0 amide bonds. The van der Waals surface area contributed by atoms with Gasteiger partial charge in [0.1, 0.15) is 6.61 Å². The normalized spacial score (nSPS) is 12.7. The van der Waals surface area contributed by atoms with Gasteiger partial charge in [-0.15, -0.1) is 0 Å². The zero-order valence-corrected chi connectivity index (χ0v) is 14.4. The number of hydrogen-bond donors (Lipinski definition) is 1. The molecule has 0 heterocycles. The van der Waals surface area contributed by atoms with Crippen molar-refractivity contribution < 1.29 is 39.6 Å². The smallest absolute Gasteiger partial charge is 0.395 e. The third-order valence-corrected chi connectivity index (χ3v) is 4.07. The Hall–Kier alpha value is -1.95. The van der Waals surface area contributed by atoms with E-state index in [4.69, 9.17) is 11.6 Å². The summed E-state index contributed by atoms with van der Waals surface area (Å²) in [7, 11) is -5.69. The summed E-state index contributed by atoms with van der Waals surface area (Å²) in [5, 5.41) is 3.48. The van der Waals surface area contributed by atoms with E-state index in [1.54, 1.807) is 0 Å². The van der Waals surface area contributed by atoms with E-state index in [0.29, 0.717) is 0 Å². The predicted molar refractivity (Wildman–Crippen MR) is 83.2 cm³/mol. The third kappa shape index (κ3) is 6.09. The topological polar surface area (TPSA) is 67.8 Å². The highest BCUT2D eigenvalue weighted by atomic mass is 35.5. The second-order valence-electron chi connectivity index (χ2n) is 4.67. The molecule has 0 unspecified atom stereocenters. The quantitative estimate of drug-likeness (QED) is 0.295. The molecule has 146 valence electrons. The number of benzene rings is 1. The summed E-state index contributed by atoms with van der Waals surface area (Å²) in [5.74, 6) is -1.70. The monoisotopic (exact) mass is 424 g/mol. The Morgan fingerprint density at radius 2 is 1.88 bits per heavy atom. The SMILES string of the molecule is C/C(=N\OCCC(F)=C(F)F)c1cc(Cl)ccc1NS(=O)(=O)C(F)(F)F. The van der Waals surface area contributed by atoms with Gasteiger partial charge in [-0.2, -0.15) is 30.4 Å². The second kappa shape index (κ2) is 8.62. The van der Waals surface area contributed by atoms with Crippen LogP contribution in [0, 0.1) is 0 Å². The number of hydrogen-bond acceptors (Lipinski definition) is 4. The van der Waals surface area contributed by atoms with Crippen LogP contribution in [0.15, 0.2) is 35.3 Å². The van der Waals surface area contributed by atoms with Crippen LogP contribution in [0.25, 0.3) is 0 Å². The van der Waals surface area contributed by atoms with E-state index in [-0.39, 0.29) is 16.3 Å². The molecule has 0 spiro atoms. The van der Waals surface area contributed by atoms with Crippen LogP contribution in [0.3, 0.4) is 0 Å². The molecule has 0 fully saturated rings. The van der Waals surface area contributed by atoms with Crippen LogP contribution in [-0.4, -0.2) is 26.2 Å². The van der Waals surface area contributed by atoms with E-state index >= 15 is 0 Å². The molecule has 0 aliphatic carbocycles. The molecule has 13 heteroatoms. The highest BCUT2D eigenvalue weighted by Crippen LogP contribution is 2.28. The molecule has 0 saturated heterocycles. The van der Waals surface area contributed by atoms with Crippen LogP contribution in [0.4, 0.5) is 32.0 Å². The Morgan fingerprint density at radius 3 is 2.42 bits per heavy atom. The molecule has 0 aromatic heterocycles. The predicted octanol–water partition coefficient (Wildman–Crippen LogP) is 4.81. The number of nitrogens with one attached hydrogen (secondary N) is 1. The Bertz CT molecular complexity index is 820. The number of oxime groups is 1. The van der Waals surface area contributed by atoms with Crippen molar-refractivity contribution in [1.29, 1.82) is 0 Å². The van der Waals surface area contributed by atoms with Crippen molar-refractivity contribution in [2.45, 2.75) is 18.9 Å². The minimum absolute atomic E-state index is 0.0537. The minimum atomic E-state index is -5.69. The molecule has 26 heavy (non-hydrogen) atoms. The lowest BCUT2D eigenvalue weighted by atomic mass is 10.1. The van der Waals surface area contributed by atoms with Crippen molar-refractivity contribution in [2.24, 2.45) is 5.16 Å². The van der Waals surface area contributed by atoms with Crippen LogP contribution < -0.4 is 4.72 Å². The van der Waals surface area contributed by atoms with Crippen molar-refractivity contribution >= 4 is 33.0 Å². The van der Waals surface area contributed by atoms with Crippen LogP contribution in [-0.2, 0) is 14.9 Å². The van der Waals surface area contributed by atoms with Gasteiger partial charge < -0.3 is 4.84 Å². The maximum Gasteiger partial charge on any atom is 0.516 e. The Labute approximate surface area is 149 Å². The van der Waals surface area contributed by atoms with E-state index in [2.05, 4.69) is 9.99 Å². The summed E-state index contributed by atoms with van der Waals surface area (Å²) in [5.41, 5.74) is -6.32. The summed E-state index contributed by atoms with van der Waals surface area (Å²) < 4.78 is 97.6. The van der Waals surface area contributed by atoms with Gasteiger partial charge in [-0.3, -0.25) is 4.72 Å². The minimum Gasteiger partial charge on any atom is -0.395 e. The largest absolute Gasteiger partial charge is 0.516 e. The average Bonchev–Trinajstić information content (AvgIpc) is 2.51. The zero-order chi connectivity index (χ0) is 20.1. The van der Waals surface area contributed by atoms with Crippen molar-refractivity contribution in [3.05, 3.63) is 40.7 Å². The summed E-state index contributed by atoms with van der Waals surface area (Å²) >= 11 is 5.73. The fourth-order valence-electron chi connectivity index (χ4n) is 1.53. The summed E-state index contributed by atoms with van der Waals surface area (Å²) in [6.07, 6.45) is -3.28. The van der Waals surface area contributed by atoms with Gasteiger partial charge in [0.05, 0.1) is 11.4 Å². The number of anilines is 1. The molecule has 1 N–H and O–H groups in total. The zero-order valence-electron chi connectivity index (χ0n) is 12.9. The van der Waals surface area contributed by atoms with Gasteiger partial charge >= 0.3 is 21.6 Å². The number of alkyl halides is 3. The number of sulfonamides is 1. The fraction of sp³-hybridized carbons (Fsp3) is 0.308. The standard InChI is InChI=1S/C13H11ClF6N2O3S/c1-7(21-25-5-4-10(15)12(16)17)9-6-8(14)2-3-11(9)22-26(23,24)13(18,19)20/h2-3,6,22H,4-5H2,1H3/b21-7+. The molecule has 1 aromatic carbocycles. The first-order valence-corrected chi connectivity index (χ1v) is 8.46. The fourth-order valence-corrected chi connectivity index (χ4v) is 2.28. The molecule has 0 bridgehead atoms. The Morgan fingerprint density at radius 1 is 1.27 bits per heavy atom. The van der Waals surface area contributed by atoms with Gasteiger partial charge in [0.15, 0.2) is 5.83 Å². The summed E-state index contributed by atoms with van der Waals surface area (Å²) in [4.78, 5) is 4.60. The van der Waals surface area contributed by atoms with Gasteiger partial charge in [-0.05, 0) is 25.1 Å². The van der Waals surface area contributed by atoms with Crippen molar-refractivity contribution in [2.75, 3.05) is 11.3 Å². The number of nitrogens with zero attached hydrogens (tertiary/aromatic N) is 1. The van der Waals surface area contributed by atoms with E-state index in [1.165, 1.54) is 11.6 Å². The van der Waals surface area contributed by atoms with Crippen LogP contribution in [0.1, 0.15) is 18.9 Å². The van der Waals surface area contributed by atoms with Crippen LogP contribution in [0.2, 0.25) is 5.02 Å². The highest BCUT2D eigenvalue weighted by Gasteiger charge is 2.46. The molecule has 0 aliphatic heterocycles. The van der Waals surface area contributed by atoms with Gasteiger partial charge in [-0.25, -0.2) is 4.39 Å². The van der Waals surface area contributed by atoms with E-state index in [9.17, 15) is 34.8 Å². The van der Waals surface area contributed by atoms with Crippen molar-refractivity contribution in [1.82, 2.24) is 0 Å². The number of halogens is 7. The van der Waals surface area contributed by atoms with Gasteiger partial charge in [0.2, 0.25) is 0 Å². The van der Waals surface area contributed by atoms with Crippen molar-refractivity contribution in [3.8, 4) is 0 Å². The Kier molecular flexibility index (Phi) is 7.33. The van der Waals surface area contributed by atoms with E-state index < -0.39 is 46.2 Å².